The highest BCUT2D eigenvalue weighted by Gasteiger charge is 2.23. The molecule has 0 saturated carbocycles. The number of aliphatic carboxylic acids is 1. The lowest BCUT2D eigenvalue weighted by molar-refractivity contribution is -0.156. The van der Waals surface area contributed by atoms with Crippen LogP contribution in [-0.2, 0) is 32.2 Å². The molecule has 39 heavy (non-hydrogen) atoms. The number of ether oxygens (including phenoxy) is 1. The number of carboxylic acids is 1. The Morgan fingerprint density at radius 2 is 1.54 bits per heavy atom. The van der Waals surface area contributed by atoms with Crippen LogP contribution in [0.2, 0.25) is 0 Å². The summed E-state index contributed by atoms with van der Waals surface area (Å²) in [6.07, 6.45) is 3.02. The Morgan fingerprint density at radius 1 is 0.846 bits per heavy atom. The third kappa shape index (κ3) is 7.20. The van der Waals surface area contributed by atoms with Crippen molar-refractivity contribution < 1.29 is 24.2 Å². The second-order valence-electron chi connectivity index (χ2n) is 10.3. The van der Waals surface area contributed by atoms with Gasteiger partial charge in [0.05, 0.1) is 0 Å². The summed E-state index contributed by atoms with van der Waals surface area (Å²) >= 11 is 0. The van der Waals surface area contributed by atoms with E-state index in [9.17, 15) is 19.5 Å². The Bertz CT molecular complexity index is 1530. The molecular weight excluding hydrogens is 490 g/mol. The lowest BCUT2D eigenvalue weighted by atomic mass is 9.94. The largest absolute Gasteiger partial charge is 0.474 e. The summed E-state index contributed by atoms with van der Waals surface area (Å²) in [6.45, 7) is 5.56. The normalized spacial score (nSPS) is 11.5. The number of hydrogen-bond donors (Lipinski definition) is 1. The number of hydrogen-bond acceptors (Lipinski definition) is 4. The number of carbonyl (C=O) groups excluding carboxylic acids is 2. The maximum atomic E-state index is 12.7. The zero-order valence-corrected chi connectivity index (χ0v) is 22.3. The van der Waals surface area contributed by atoms with Crippen LogP contribution in [0, 0.1) is 0 Å². The fraction of sp³-hybridized carbons (Fsp3) is 0.182. The molecule has 0 radical (unpaired) electrons. The molecule has 1 amide bonds. The molecule has 0 fully saturated rings. The Balaban J connectivity index is 1.76. The van der Waals surface area contributed by atoms with Gasteiger partial charge in [0.15, 0.2) is 0 Å². The number of carboxylic acid groups (broad SMARTS) is 1. The van der Waals surface area contributed by atoms with Gasteiger partial charge in [-0.2, -0.15) is 0 Å². The van der Waals surface area contributed by atoms with E-state index >= 15 is 0 Å². The molecule has 0 saturated heterocycles. The van der Waals surface area contributed by atoms with E-state index in [4.69, 9.17) is 4.74 Å². The van der Waals surface area contributed by atoms with Gasteiger partial charge in [-0.05, 0) is 71.5 Å². The van der Waals surface area contributed by atoms with Crippen molar-refractivity contribution >= 4 is 34.7 Å². The van der Waals surface area contributed by atoms with Gasteiger partial charge in [-0.15, -0.1) is 0 Å². The van der Waals surface area contributed by atoms with E-state index < -0.39 is 23.4 Å². The van der Waals surface area contributed by atoms with Crippen LogP contribution in [0.4, 0.5) is 0 Å². The standard InChI is InChI=1S/C33H31NO5/c1-33(2,3)39-30(35)19-18-25-20-26(29-15-9-13-24-12-7-8-14-28(24)29)16-17-27(25)22-34(31(36)32(37)38)21-23-10-5-4-6-11-23/h4-20H,21-22H2,1-3H3,(H,37,38)/b19-18+. The molecule has 0 aliphatic carbocycles. The Hall–Kier alpha value is -4.71. The summed E-state index contributed by atoms with van der Waals surface area (Å²) < 4.78 is 5.43. The quantitative estimate of drug-likeness (QED) is 0.171. The lowest BCUT2D eigenvalue weighted by Crippen LogP contribution is -2.35. The summed E-state index contributed by atoms with van der Waals surface area (Å²) in [7, 11) is 0. The van der Waals surface area contributed by atoms with Crippen LogP contribution in [0.25, 0.3) is 28.0 Å². The molecule has 198 valence electrons. The molecule has 0 bridgehead atoms. The van der Waals surface area contributed by atoms with E-state index in [-0.39, 0.29) is 13.1 Å². The fourth-order valence-electron chi connectivity index (χ4n) is 4.38. The first kappa shape index (κ1) is 27.3. The average molecular weight is 522 g/mol. The third-order valence-electron chi connectivity index (χ3n) is 6.10. The molecule has 0 aromatic heterocycles. The molecule has 1 N–H and O–H groups in total. The lowest BCUT2D eigenvalue weighted by Gasteiger charge is -2.22. The number of amides is 1. The van der Waals surface area contributed by atoms with Gasteiger partial charge >= 0.3 is 17.8 Å². The van der Waals surface area contributed by atoms with Crippen LogP contribution in [0.15, 0.2) is 97.1 Å². The molecule has 4 aromatic rings. The van der Waals surface area contributed by atoms with Crippen LogP contribution in [0.1, 0.15) is 37.5 Å². The predicted octanol–water partition coefficient (Wildman–Crippen LogP) is 6.48. The number of nitrogens with zero attached hydrogens (tertiary/aromatic N) is 1. The molecule has 0 aliphatic rings. The van der Waals surface area contributed by atoms with Crippen molar-refractivity contribution in [3.8, 4) is 11.1 Å². The second kappa shape index (κ2) is 11.8. The molecule has 0 aliphatic heterocycles. The van der Waals surface area contributed by atoms with Gasteiger partial charge in [0.1, 0.15) is 5.60 Å². The summed E-state index contributed by atoms with van der Waals surface area (Å²) in [5.41, 5.74) is 3.50. The number of esters is 1. The highest BCUT2D eigenvalue weighted by Crippen LogP contribution is 2.31. The zero-order valence-electron chi connectivity index (χ0n) is 22.3. The molecular formula is C33H31NO5. The molecule has 6 nitrogen and oxygen atoms in total. The van der Waals surface area contributed by atoms with Crippen LogP contribution in [-0.4, -0.2) is 33.5 Å². The van der Waals surface area contributed by atoms with Crippen LogP contribution < -0.4 is 0 Å². The minimum absolute atomic E-state index is 0.0455. The highest BCUT2D eigenvalue weighted by atomic mass is 16.6. The van der Waals surface area contributed by atoms with Crippen molar-refractivity contribution in [1.29, 1.82) is 0 Å². The number of fused-ring (bicyclic) bond motifs is 1. The van der Waals surface area contributed by atoms with Crippen molar-refractivity contribution in [3.05, 3.63) is 114 Å². The molecule has 0 heterocycles. The van der Waals surface area contributed by atoms with E-state index in [1.54, 1.807) is 26.8 Å². The highest BCUT2D eigenvalue weighted by molar-refractivity contribution is 6.31. The van der Waals surface area contributed by atoms with E-state index in [1.165, 1.54) is 11.0 Å². The monoisotopic (exact) mass is 521 g/mol. The van der Waals surface area contributed by atoms with Crippen LogP contribution >= 0.6 is 0 Å². The van der Waals surface area contributed by atoms with Gasteiger partial charge in [-0.1, -0.05) is 84.9 Å². The second-order valence-corrected chi connectivity index (χ2v) is 10.3. The number of benzene rings is 4. The van der Waals surface area contributed by atoms with Gasteiger partial charge in [-0.3, -0.25) is 4.79 Å². The summed E-state index contributed by atoms with van der Waals surface area (Å²) in [6, 6.07) is 29.2. The van der Waals surface area contributed by atoms with E-state index in [1.807, 2.05) is 72.8 Å². The van der Waals surface area contributed by atoms with Crippen molar-refractivity contribution in [2.75, 3.05) is 0 Å². The molecule has 6 heteroatoms. The van der Waals surface area contributed by atoms with Gasteiger partial charge in [-0.25, -0.2) is 9.59 Å². The first-order valence-electron chi connectivity index (χ1n) is 12.7. The Labute approximate surface area is 228 Å². The Kier molecular flexibility index (Phi) is 8.25. The first-order valence-corrected chi connectivity index (χ1v) is 12.7. The van der Waals surface area contributed by atoms with Gasteiger partial charge in [0.25, 0.3) is 0 Å². The maximum Gasteiger partial charge on any atom is 0.394 e. The number of rotatable bonds is 7. The summed E-state index contributed by atoms with van der Waals surface area (Å²) in [4.78, 5) is 38.1. The van der Waals surface area contributed by atoms with Crippen LogP contribution in [0.3, 0.4) is 0 Å². The topological polar surface area (TPSA) is 83.9 Å². The Morgan fingerprint density at radius 3 is 2.26 bits per heavy atom. The molecule has 4 aromatic carbocycles. The molecule has 0 unspecified atom stereocenters. The van der Waals surface area contributed by atoms with E-state index in [2.05, 4.69) is 18.2 Å². The van der Waals surface area contributed by atoms with Crippen molar-refractivity contribution in [2.24, 2.45) is 0 Å². The van der Waals surface area contributed by atoms with Crippen LogP contribution in [0.5, 0.6) is 0 Å². The van der Waals surface area contributed by atoms with Crippen molar-refractivity contribution in [3.63, 3.8) is 0 Å². The number of carbonyl (C=O) groups is 3. The van der Waals surface area contributed by atoms with E-state index in [0.29, 0.717) is 11.1 Å². The van der Waals surface area contributed by atoms with Gasteiger partial charge < -0.3 is 14.7 Å². The molecule has 0 spiro atoms. The van der Waals surface area contributed by atoms with E-state index in [0.717, 1.165) is 27.5 Å². The predicted molar refractivity (Wildman–Crippen MR) is 153 cm³/mol. The maximum absolute atomic E-state index is 12.7. The third-order valence-corrected chi connectivity index (χ3v) is 6.10. The average Bonchev–Trinajstić information content (AvgIpc) is 2.91. The van der Waals surface area contributed by atoms with Crippen molar-refractivity contribution in [1.82, 2.24) is 4.90 Å². The minimum atomic E-state index is -1.52. The fourth-order valence-corrected chi connectivity index (χ4v) is 4.38. The zero-order chi connectivity index (χ0) is 28.0. The summed E-state index contributed by atoms with van der Waals surface area (Å²) in [5.74, 6) is -3.02. The van der Waals surface area contributed by atoms with Gasteiger partial charge in [0, 0.05) is 19.2 Å². The smallest absolute Gasteiger partial charge is 0.394 e. The first-order chi connectivity index (χ1) is 18.6. The molecule has 0 atom stereocenters. The minimum Gasteiger partial charge on any atom is -0.474 e. The van der Waals surface area contributed by atoms with Gasteiger partial charge in [0.2, 0.25) is 0 Å². The van der Waals surface area contributed by atoms with Crippen molar-refractivity contribution in [2.45, 2.75) is 39.5 Å². The summed E-state index contributed by atoms with van der Waals surface area (Å²) in [5, 5.41) is 11.7. The molecule has 4 rings (SSSR count). The SMILES string of the molecule is CC(C)(C)OC(=O)/C=C/c1cc(-c2cccc3ccccc23)ccc1CN(Cc1ccccc1)C(=O)C(=O)O.